The maximum Gasteiger partial charge on any atom is 0.182 e. The van der Waals surface area contributed by atoms with Crippen molar-refractivity contribution in [1.29, 1.82) is 0 Å². The van der Waals surface area contributed by atoms with Crippen molar-refractivity contribution >= 4 is 53.7 Å². The Bertz CT molecular complexity index is 1280. The molecule has 0 saturated carbocycles. The first kappa shape index (κ1) is 19.6. The molecule has 1 N–H and O–H groups in total. The van der Waals surface area contributed by atoms with Gasteiger partial charge in [-0.05, 0) is 36.8 Å². The van der Waals surface area contributed by atoms with Crippen molar-refractivity contribution < 1.29 is 13.2 Å². The molecule has 0 spiro atoms. The second kappa shape index (κ2) is 7.96. The lowest BCUT2D eigenvalue weighted by atomic mass is 10.1. The number of pyridine rings is 1. The highest BCUT2D eigenvalue weighted by Gasteiger charge is 2.21. The number of unbranched alkanes of at least 4 members (excludes halogenated alkanes) is 1. The lowest BCUT2D eigenvalue weighted by Crippen LogP contribution is -2.09. The normalized spacial score (nSPS) is 11.8. The predicted octanol–water partition coefficient (Wildman–Crippen LogP) is 5.17. The van der Waals surface area contributed by atoms with Gasteiger partial charge in [0.1, 0.15) is 10.6 Å². The average Bonchev–Trinajstić information content (AvgIpc) is 3.19. The predicted molar refractivity (Wildman–Crippen MR) is 118 cm³/mol. The Morgan fingerprint density at radius 1 is 1.10 bits per heavy atom. The third kappa shape index (κ3) is 3.90. The first-order chi connectivity index (χ1) is 14.0. The van der Waals surface area contributed by atoms with Gasteiger partial charge in [-0.3, -0.25) is 4.98 Å². The van der Waals surface area contributed by atoms with Crippen molar-refractivity contribution in [3.05, 3.63) is 48.1 Å². The Morgan fingerprint density at radius 3 is 2.76 bits per heavy atom. The Hall–Kier alpha value is -2.71. The fourth-order valence-corrected chi connectivity index (χ4v) is 5.49. The molecule has 0 amide bonds. The number of thiazole rings is 1. The lowest BCUT2D eigenvalue weighted by molar-refractivity contribution is 0.403. The Balaban J connectivity index is 1.81. The number of sulfone groups is 1. The van der Waals surface area contributed by atoms with E-state index in [2.05, 4.69) is 15.3 Å². The van der Waals surface area contributed by atoms with Gasteiger partial charge in [-0.2, -0.15) is 0 Å². The van der Waals surface area contributed by atoms with E-state index in [-0.39, 0.29) is 10.6 Å². The molecule has 0 aliphatic carbocycles. The molecule has 4 rings (SSSR count). The molecule has 0 bridgehead atoms. The molecule has 6 nitrogen and oxygen atoms in total. The number of aromatic nitrogens is 2. The van der Waals surface area contributed by atoms with E-state index in [0.29, 0.717) is 17.7 Å². The highest BCUT2D eigenvalue weighted by molar-refractivity contribution is 7.91. The monoisotopic (exact) mass is 427 g/mol. The molecule has 0 atom stereocenters. The summed E-state index contributed by atoms with van der Waals surface area (Å²) < 4.78 is 32.2. The van der Waals surface area contributed by atoms with Crippen molar-refractivity contribution in [2.75, 3.05) is 18.2 Å². The van der Waals surface area contributed by atoms with E-state index in [0.717, 1.165) is 33.4 Å². The van der Waals surface area contributed by atoms with Gasteiger partial charge in [0.05, 0.1) is 34.1 Å². The van der Waals surface area contributed by atoms with E-state index < -0.39 is 9.84 Å². The lowest BCUT2D eigenvalue weighted by Gasteiger charge is -2.14. The average molecular weight is 428 g/mol. The molecule has 0 saturated heterocycles. The SMILES string of the molecule is CCCCS(=O)(=O)c1cc2c(Nc3ccc4scnc4c3)ccnc2cc1OC. The smallest absolute Gasteiger partial charge is 0.182 e. The van der Waals surface area contributed by atoms with Crippen LogP contribution in [0.15, 0.2) is 53.0 Å². The summed E-state index contributed by atoms with van der Waals surface area (Å²) in [5.74, 6) is 0.414. The van der Waals surface area contributed by atoms with Crippen molar-refractivity contribution in [1.82, 2.24) is 9.97 Å². The zero-order chi connectivity index (χ0) is 20.4. The number of ether oxygens (including phenoxy) is 1. The number of nitrogens with zero attached hydrogens (tertiary/aromatic N) is 2. The molecule has 0 unspecified atom stereocenters. The van der Waals surface area contributed by atoms with Gasteiger partial charge in [0.2, 0.25) is 0 Å². The van der Waals surface area contributed by atoms with Crippen LogP contribution in [0.5, 0.6) is 5.75 Å². The standard InChI is InChI=1S/C21H21N3O3S2/c1-3-4-9-29(25,26)21-11-15-16(7-8-22-17(15)12-19(21)27-2)24-14-5-6-20-18(10-14)23-13-28-20/h5-8,10-13H,3-4,9H2,1-2H3,(H,22,24). The highest BCUT2D eigenvalue weighted by atomic mass is 32.2. The third-order valence-corrected chi connectivity index (χ3v) is 7.36. The maximum atomic E-state index is 12.9. The van der Waals surface area contributed by atoms with Crippen molar-refractivity contribution in [2.45, 2.75) is 24.7 Å². The van der Waals surface area contributed by atoms with E-state index in [4.69, 9.17) is 4.74 Å². The van der Waals surface area contributed by atoms with Crippen molar-refractivity contribution in [2.24, 2.45) is 0 Å². The summed E-state index contributed by atoms with van der Waals surface area (Å²) in [5, 5.41) is 4.10. The summed E-state index contributed by atoms with van der Waals surface area (Å²) in [6.07, 6.45) is 3.11. The molecule has 0 aliphatic rings. The van der Waals surface area contributed by atoms with Gasteiger partial charge in [-0.1, -0.05) is 13.3 Å². The minimum atomic E-state index is -3.46. The number of fused-ring (bicyclic) bond motifs is 2. The Morgan fingerprint density at radius 2 is 1.97 bits per heavy atom. The van der Waals surface area contributed by atoms with Crippen LogP contribution >= 0.6 is 11.3 Å². The summed E-state index contributed by atoms with van der Waals surface area (Å²) in [6, 6.07) is 11.2. The minimum Gasteiger partial charge on any atom is -0.495 e. The number of benzene rings is 2. The molecule has 29 heavy (non-hydrogen) atoms. The van der Waals surface area contributed by atoms with Gasteiger partial charge in [0.25, 0.3) is 0 Å². The second-order valence-electron chi connectivity index (χ2n) is 6.71. The number of methoxy groups -OCH3 is 1. The molecule has 0 radical (unpaired) electrons. The van der Waals surface area contributed by atoms with Crippen LogP contribution in [0.1, 0.15) is 19.8 Å². The summed E-state index contributed by atoms with van der Waals surface area (Å²) in [6.45, 7) is 1.97. The van der Waals surface area contributed by atoms with Crippen LogP contribution in [0, 0.1) is 0 Å². The largest absolute Gasteiger partial charge is 0.495 e. The van der Waals surface area contributed by atoms with Gasteiger partial charge in [-0.15, -0.1) is 11.3 Å². The summed E-state index contributed by atoms with van der Waals surface area (Å²) in [4.78, 5) is 8.95. The number of hydrogen-bond acceptors (Lipinski definition) is 7. The molecular formula is C21H21N3O3S2. The van der Waals surface area contributed by atoms with Crippen LogP contribution < -0.4 is 10.1 Å². The second-order valence-corrected chi connectivity index (χ2v) is 9.67. The van der Waals surface area contributed by atoms with E-state index in [1.165, 1.54) is 7.11 Å². The molecule has 2 aromatic heterocycles. The molecule has 2 aromatic carbocycles. The van der Waals surface area contributed by atoms with Crippen molar-refractivity contribution in [3.8, 4) is 5.75 Å². The van der Waals surface area contributed by atoms with Crippen LogP contribution in [-0.2, 0) is 9.84 Å². The maximum absolute atomic E-state index is 12.9. The number of hydrogen-bond donors (Lipinski definition) is 1. The molecule has 0 fully saturated rings. The molecule has 2 heterocycles. The first-order valence-corrected chi connectivity index (χ1v) is 11.8. The topological polar surface area (TPSA) is 81.2 Å². The molecule has 4 aromatic rings. The van der Waals surface area contributed by atoms with Gasteiger partial charge >= 0.3 is 0 Å². The van der Waals surface area contributed by atoms with Crippen LogP contribution in [0.3, 0.4) is 0 Å². The Kier molecular flexibility index (Phi) is 5.38. The Labute approximate surface area is 173 Å². The number of nitrogens with one attached hydrogen (secondary N) is 1. The van der Waals surface area contributed by atoms with Crippen LogP contribution in [-0.4, -0.2) is 31.2 Å². The van der Waals surface area contributed by atoms with E-state index in [9.17, 15) is 8.42 Å². The van der Waals surface area contributed by atoms with E-state index in [1.807, 2.05) is 36.7 Å². The van der Waals surface area contributed by atoms with Gasteiger partial charge in [0.15, 0.2) is 9.84 Å². The van der Waals surface area contributed by atoms with Gasteiger partial charge < -0.3 is 10.1 Å². The van der Waals surface area contributed by atoms with E-state index >= 15 is 0 Å². The quantitative estimate of drug-likeness (QED) is 0.438. The van der Waals surface area contributed by atoms with Crippen LogP contribution in [0.25, 0.3) is 21.1 Å². The van der Waals surface area contributed by atoms with Gasteiger partial charge in [-0.25, -0.2) is 13.4 Å². The molecule has 150 valence electrons. The number of anilines is 2. The van der Waals surface area contributed by atoms with Crippen LogP contribution in [0.4, 0.5) is 11.4 Å². The van der Waals surface area contributed by atoms with Crippen LogP contribution in [0.2, 0.25) is 0 Å². The van der Waals surface area contributed by atoms with E-state index in [1.54, 1.807) is 29.7 Å². The fraction of sp³-hybridized carbons (Fsp3) is 0.238. The first-order valence-electron chi connectivity index (χ1n) is 9.31. The zero-order valence-electron chi connectivity index (χ0n) is 16.2. The van der Waals surface area contributed by atoms with Gasteiger partial charge in [0, 0.05) is 29.0 Å². The fourth-order valence-electron chi connectivity index (χ4n) is 3.20. The molecular weight excluding hydrogens is 406 g/mol. The zero-order valence-corrected chi connectivity index (χ0v) is 17.8. The molecule has 0 aliphatic heterocycles. The van der Waals surface area contributed by atoms with Crippen molar-refractivity contribution in [3.63, 3.8) is 0 Å². The summed E-state index contributed by atoms with van der Waals surface area (Å²) in [7, 11) is -1.98. The summed E-state index contributed by atoms with van der Waals surface area (Å²) >= 11 is 1.59. The highest BCUT2D eigenvalue weighted by Crippen LogP contribution is 2.34. The minimum absolute atomic E-state index is 0.0921. The number of rotatable bonds is 7. The third-order valence-electron chi connectivity index (χ3n) is 4.74. The summed E-state index contributed by atoms with van der Waals surface area (Å²) in [5.41, 5.74) is 5.05. The molecule has 8 heteroatoms.